The third-order valence-electron chi connectivity index (χ3n) is 12.2. The van der Waals surface area contributed by atoms with Gasteiger partial charge in [-0.25, -0.2) is 4.98 Å². The summed E-state index contributed by atoms with van der Waals surface area (Å²) in [5.74, 6) is 0. The molecule has 0 saturated heterocycles. The van der Waals surface area contributed by atoms with Crippen molar-refractivity contribution < 1.29 is 4.42 Å². The first-order valence-corrected chi connectivity index (χ1v) is 18.8. The van der Waals surface area contributed by atoms with Crippen LogP contribution in [0, 0.1) is 0 Å². The van der Waals surface area contributed by atoms with Crippen LogP contribution in [0.1, 0.15) is 25.0 Å². The van der Waals surface area contributed by atoms with Gasteiger partial charge in [-0.2, -0.15) is 0 Å². The summed E-state index contributed by atoms with van der Waals surface area (Å²) in [6, 6.07) is 59.6. The highest BCUT2D eigenvalue weighted by Gasteiger charge is 2.38. The fraction of sp³-hybridized carbons (Fsp3) is 0.0577. The maximum atomic E-state index is 6.73. The Morgan fingerprint density at radius 2 is 1.06 bits per heavy atom. The molecule has 0 unspecified atom stereocenters. The zero-order valence-electron chi connectivity index (χ0n) is 29.9. The lowest BCUT2D eigenvalue weighted by atomic mass is 9.78. The Kier molecular flexibility index (Phi) is 5.87. The van der Waals surface area contributed by atoms with Crippen LogP contribution in [0.25, 0.3) is 109 Å². The highest BCUT2D eigenvalue weighted by Crippen LogP contribution is 2.54. The van der Waals surface area contributed by atoms with E-state index < -0.39 is 0 Å². The van der Waals surface area contributed by atoms with Gasteiger partial charge in [0, 0.05) is 37.9 Å². The van der Waals surface area contributed by atoms with Crippen molar-refractivity contribution in [3.05, 3.63) is 175 Å². The fourth-order valence-corrected chi connectivity index (χ4v) is 9.90. The van der Waals surface area contributed by atoms with E-state index >= 15 is 0 Å². The van der Waals surface area contributed by atoms with E-state index in [0.717, 1.165) is 44.5 Å². The lowest BCUT2D eigenvalue weighted by Gasteiger charge is -2.24. The van der Waals surface area contributed by atoms with Gasteiger partial charge in [-0.3, -0.25) is 0 Å². The molecule has 1 aliphatic rings. The zero-order chi connectivity index (χ0) is 35.7. The van der Waals surface area contributed by atoms with Crippen LogP contribution in [0.5, 0.6) is 0 Å². The van der Waals surface area contributed by atoms with Crippen molar-refractivity contribution in [2.45, 2.75) is 19.3 Å². The Labute approximate surface area is 311 Å². The minimum absolute atomic E-state index is 0.186. The van der Waals surface area contributed by atoms with E-state index in [2.05, 4.69) is 178 Å². The van der Waals surface area contributed by atoms with Crippen LogP contribution >= 0.6 is 0 Å². The van der Waals surface area contributed by atoms with Gasteiger partial charge in [-0.15, -0.1) is 0 Å². The summed E-state index contributed by atoms with van der Waals surface area (Å²) in [6.45, 7) is 4.76. The molecule has 2 aromatic heterocycles. The predicted octanol–water partition coefficient (Wildman–Crippen LogP) is 14.4. The molecule has 0 saturated carbocycles. The molecule has 0 fully saturated rings. The number of rotatable bonds is 2. The molecule has 0 spiro atoms. The van der Waals surface area contributed by atoms with Gasteiger partial charge < -0.3 is 4.42 Å². The second-order valence-electron chi connectivity index (χ2n) is 15.4. The Morgan fingerprint density at radius 3 is 1.87 bits per heavy atom. The molecule has 11 aromatic rings. The number of benzene rings is 9. The van der Waals surface area contributed by atoms with Gasteiger partial charge in [-0.05, 0) is 90.0 Å². The van der Waals surface area contributed by atoms with Crippen molar-refractivity contribution in [3.63, 3.8) is 0 Å². The number of hydrogen-bond donors (Lipinski definition) is 0. The van der Waals surface area contributed by atoms with Crippen molar-refractivity contribution in [1.29, 1.82) is 0 Å². The average molecular weight is 688 g/mol. The van der Waals surface area contributed by atoms with Crippen LogP contribution in [0.15, 0.2) is 168 Å². The number of para-hydroxylation sites is 2. The maximum Gasteiger partial charge on any atom is 0.136 e. The zero-order valence-corrected chi connectivity index (χ0v) is 29.9. The number of furan rings is 1. The van der Waals surface area contributed by atoms with Crippen molar-refractivity contribution in [3.8, 4) is 33.5 Å². The standard InChI is InChI=1S/C52H33NO/c1-52(2)42-23-10-7-18-34(42)38-27-26-37-41(29-45-47(48(37)50(38)52)40-22-9-12-25-44(40)54-45)30-14-13-15-31(28-30)51-49-36-20-6-4-17-33(36)32-16-3-5-19-35(32)46(49)39-21-8-11-24-43(39)53-51/h3-29H,1-2H3. The summed E-state index contributed by atoms with van der Waals surface area (Å²) in [5, 5.41) is 13.5. The molecular weight excluding hydrogens is 655 g/mol. The molecule has 2 heterocycles. The molecule has 9 aromatic carbocycles. The molecule has 0 atom stereocenters. The Hall–Kier alpha value is -6.77. The SMILES string of the molecule is CC1(C)c2ccccc2-c2ccc3c(-c4cccc(-c5nc6ccccc6c6c7ccccc7c7ccccc7c56)c4)cc4oc5ccccc5c4c3c21. The van der Waals surface area contributed by atoms with Gasteiger partial charge in [0.05, 0.1) is 11.2 Å². The topological polar surface area (TPSA) is 26.0 Å². The smallest absolute Gasteiger partial charge is 0.136 e. The molecule has 2 heteroatoms. The van der Waals surface area contributed by atoms with Gasteiger partial charge in [0.2, 0.25) is 0 Å². The third-order valence-corrected chi connectivity index (χ3v) is 12.2. The maximum absolute atomic E-state index is 6.73. The van der Waals surface area contributed by atoms with Crippen molar-refractivity contribution in [2.75, 3.05) is 0 Å². The van der Waals surface area contributed by atoms with Gasteiger partial charge in [0.1, 0.15) is 11.2 Å². The number of nitrogens with zero attached hydrogens (tertiary/aromatic N) is 1. The predicted molar refractivity (Wildman–Crippen MR) is 227 cm³/mol. The summed E-state index contributed by atoms with van der Waals surface area (Å²) in [4.78, 5) is 5.48. The molecule has 0 amide bonds. The van der Waals surface area contributed by atoms with E-state index in [9.17, 15) is 0 Å². The van der Waals surface area contributed by atoms with Crippen LogP contribution in [0.3, 0.4) is 0 Å². The lowest BCUT2D eigenvalue weighted by Crippen LogP contribution is -2.15. The van der Waals surface area contributed by atoms with Crippen molar-refractivity contribution in [1.82, 2.24) is 4.98 Å². The van der Waals surface area contributed by atoms with Crippen molar-refractivity contribution >= 4 is 75.9 Å². The highest BCUT2D eigenvalue weighted by atomic mass is 16.3. The molecule has 1 aliphatic carbocycles. The van der Waals surface area contributed by atoms with Gasteiger partial charge in [-0.1, -0.05) is 153 Å². The first-order valence-electron chi connectivity index (χ1n) is 18.8. The van der Waals surface area contributed by atoms with Crippen LogP contribution in [-0.4, -0.2) is 4.98 Å². The van der Waals surface area contributed by atoms with E-state index in [1.807, 2.05) is 0 Å². The number of fused-ring (bicyclic) bond motifs is 17. The molecule has 0 bridgehead atoms. The van der Waals surface area contributed by atoms with Crippen LogP contribution < -0.4 is 0 Å². The lowest BCUT2D eigenvalue weighted by molar-refractivity contribution is 0.665. The number of aromatic nitrogens is 1. The van der Waals surface area contributed by atoms with E-state index in [-0.39, 0.29) is 5.41 Å². The summed E-state index contributed by atoms with van der Waals surface area (Å²) >= 11 is 0. The first-order chi connectivity index (χ1) is 26.6. The molecule has 12 rings (SSSR count). The second kappa shape index (κ2) is 10.7. The fourth-order valence-electron chi connectivity index (χ4n) is 9.90. The Bertz CT molecular complexity index is 3420. The number of hydrogen-bond acceptors (Lipinski definition) is 2. The highest BCUT2D eigenvalue weighted by molar-refractivity contribution is 6.33. The summed E-state index contributed by atoms with van der Waals surface area (Å²) in [5.41, 5.74) is 12.4. The van der Waals surface area contributed by atoms with E-state index in [1.54, 1.807) is 0 Å². The van der Waals surface area contributed by atoms with E-state index in [4.69, 9.17) is 9.40 Å². The van der Waals surface area contributed by atoms with Gasteiger partial charge in [0.15, 0.2) is 0 Å². The van der Waals surface area contributed by atoms with Crippen LogP contribution in [-0.2, 0) is 5.41 Å². The molecule has 54 heavy (non-hydrogen) atoms. The molecular formula is C52H33NO. The van der Waals surface area contributed by atoms with E-state index in [0.29, 0.717) is 0 Å². The third kappa shape index (κ3) is 3.87. The summed E-state index contributed by atoms with van der Waals surface area (Å²) < 4.78 is 6.73. The number of pyridine rings is 1. The van der Waals surface area contributed by atoms with Crippen LogP contribution in [0.4, 0.5) is 0 Å². The molecule has 0 aliphatic heterocycles. The minimum atomic E-state index is -0.186. The summed E-state index contributed by atoms with van der Waals surface area (Å²) in [7, 11) is 0. The van der Waals surface area contributed by atoms with Crippen molar-refractivity contribution in [2.24, 2.45) is 0 Å². The average Bonchev–Trinajstić information content (AvgIpc) is 3.72. The largest absolute Gasteiger partial charge is 0.456 e. The Morgan fingerprint density at radius 1 is 0.407 bits per heavy atom. The first kappa shape index (κ1) is 29.8. The normalized spacial score (nSPS) is 13.5. The summed E-state index contributed by atoms with van der Waals surface area (Å²) in [6.07, 6.45) is 0. The van der Waals surface area contributed by atoms with Crippen LogP contribution in [0.2, 0.25) is 0 Å². The van der Waals surface area contributed by atoms with E-state index in [1.165, 1.54) is 76.1 Å². The quantitative estimate of drug-likeness (QED) is 0.169. The monoisotopic (exact) mass is 687 g/mol. The Balaban J connectivity index is 1.19. The minimum Gasteiger partial charge on any atom is -0.456 e. The van der Waals surface area contributed by atoms with Gasteiger partial charge >= 0.3 is 0 Å². The second-order valence-corrected chi connectivity index (χ2v) is 15.4. The molecule has 0 radical (unpaired) electrons. The van der Waals surface area contributed by atoms with Gasteiger partial charge in [0.25, 0.3) is 0 Å². The molecule has 2 nitrogen and oxygen atoms in total. The molecule has 0 N–H and O–H groups in total. The molecule has 252 valence electrons.